The topological polar surface area (TPSA) is 85.1 Å². The van der Waals surface area contributed by atoms with Crippen molar-refractivity contribution in [1.82, 2.24) is 19.7 Å². The lowest BCUT2D eigenvalue weighted by Crippen LogP contribution is -2.13. The Hall–Kier alpha value is -2.19. The molecule has 2 heterocycles. The first-order valence-electron chi connectivity index (χ1n) is 6.99. The predicted molar refractivity (Wildman–Crippen MR) is 90.4 cm³/mol. The molecule has 0 aliphatic heterocycles. The lowest BCUT2D eigenvalue weighted by Gasteiger charge is -2.14. The third-order valence-electron chi connectivity index (χ3n) is 3.52. The van der Waals surface area contributed by atoms with Gasteiger partial charge in [0, 0.05) is 13.6 Å². The number of ether oxygens (including phenoxy) is 1. The number of benzene rings is 1. The molecule has 3 rings (SSSR count). The third kappa shape index (κ3) is 3.13. The molecule has 120 valence electrons. The van der Waals surface area contributed by atoms with Crippen LogP contribution in [0, 0.1) is 0 Å². The summed E-state index contributed by atoms with van der Waals surface area (Å²) in [6, 6.07) is 7.34. The molecule has 0 bridgehead atoms. The van der Waals surface area contributed by atoms with Crippen LogP contribution in [0.25, 0.3) is 11.0 Å². The van der Waals surface area contributed by atoms with Crippen LogP contribution in [0.15, 0.2) is 35.2 Å². The number of aromatic nitrogens is 4. The zero-order chi connectivity index (χ0) is 16.4. The minimum atomic E-state index is -0.689. The van der Waals surface area contributed by atoms with E-state index in [0.717, 1.165) is 10.9 Å². The van der Waals surface area contributed by atoms with Crippen LogP contribution in [0.3, 0.4) is 0 Å². The first-order valence-corrected chi connectivity index (χ1v) is 7.78. The number of aliphatic hydroxyl groups is 1. The molecular formula is C15H16BrN5O2. The second-order valence-corrected chi connectivity index (χ2v) is 5.76. The third-order valence-corrected chi connectivity index (χ3v) is 4.07. The summed E-state index contributed by atoms with van der Waals surface area (Å²) in [5.74, 6) is 1.33. The molecule has 0 fully saturated rings. The fourth-order valence-corrected chi connectivity index (χ4v) is 2.94. The summed E-state index contributed by atoms with van der Waals surface area (Å²) in [4.78, 5) is 8.45. The summed E-state index contributed by atoms with van der Waals surface area (Å²) in [7, 11) is 3.41. The Bertz CT molecular complexity index is 836. The van der Waals surface area contributed by atoms with Gasteiger partial charge in [-0.2, -0.15) is 5.10 Å². The highest BCUT2D eigenvalue weighted by molar-refractivity contribution is 9.10. The molecule has 2 N–H and O–H groups in total. The summed E-state index contributed by atoms with van der Waals surface area (Å²) in [6.45, 7) is 0.306. The average molecular weight is 378 g/mol. The van der Waals surface area contributed by atoms with Crippen LogP contribution < -0.4 is 10.1 Å². The highest BCUT2D eigenvalue weighted by Crippen LogP contribution is 2.27. The van der Waals surface area contributed by atoms with E-state index >= 15 is 0 Å². The van der Waals surface area contributed by atoms with Crippen molar-refractivity contribution in [2.45, 2.75) is 6.10 Å². The maximum absolute atomic E-state index is 10.4. The van der Waals surface area contributed by atoms with E-state index in [1.807, 2.05) is 31.3 Å². The van der Waals surface area contributed by atoms with Crippen molar-refractivity contribution in [3.8, 4) is 5.75 Å². The number of aryl methyl sites for hydroxylation is 1. The van der Waals surface area contributed by atoms with Crippen LogP contribution in [0.1, 0.15) is 11.7 Å². The zero-order valence-corrected chi connectivity index (χ0v) is 14.3. The number of nitrogens with one attached hydrogen (secondary N) is 1. The highest BCUT2D eigenvalue weighted by Gasteiger charge is 2.15. The van der Waals surface area contributed by atoms with Crippen LogP contribution >= 0.6 is 15.9 Å². The largest absolute Gasteiger partial charge is 0.497 e. The average Bonchev–Trinajstić information content (AvgIpc) is 2.87. The normalized spacial score (nSPS) is 12.3. The van der Waals surface area contributed by atoms with Crippen molar-refractivity contribution in [2.24, 2.45) is 7.05 Å². The van der Waals surface area contributed by atoms with E-state index in [2.05, 4.69) is 36.3 Å². The Kier molecular flexibility index (Phi) is 4.44. The molecule has 0 aliphatic rings. The molecule has 0 saturated heterocycles. The summed E-state index contributed by atoms with van der Waals surface area (Å²) in [6.07, 6.45) is 0.780. The predicted octanol–water partition coefficient (Wildman–Crippen LogP) is 2.28. The van der Waals surface area contributed by atoms with E-state index in [1.54, 1.807) is 11.8 Å². The number of methoxy groups -OCH3 is 1. The number of fused-ring (bicyclic) bond motifs is 1. The van der Waals surface area contributed by atoms with Gasteiger partial charge >= 0.3 is 0 Å². The first-order chi connectivity index (χ1) is 11.1. The summed E-state index contributed by atoms with van der Waals surface area (Å²) in [5.41, 5.74) is 1.48. The van der Waals surface area contributed by atoms with Gasteiger partial charge in [0.1, 0.15) is 22.5 Å². The van der Waals surface area contributed by atoms with Gasteiger partial charge < -0.3 is 15.2 Å². The van der Waals surface area contributed by atoms with Gasteiger partial charge in [0.25, 0.3) is 0 Å². The zero-order valence-electron chi connectivity index (χ0n) is 12.7. The SMILES string of the molecule is COc1cccc([C@@H](O)CNc2ncnc3c2c(Br)nn3C)c1. The van der Waals surface area contributed by atoms with Crippen molar-refractivity contribution in [3.05, 3.63) is 40.8 Å². The van der Waals surface area contributed by atoms with Gasteiger partial charge in [-0.05, 0) is 33.6 Å². The Morgan fingerprint density at radius 2 is 2.22 bits per heavy atom. The fourth-order valence-electron chi connectivity index (χ4n) is 2.33. The molecule has 2 aromatic heterocycles. The molecule has 7 nitrogen and oxygen atoms in total. The molecule has 1 aromatic carbocycles. The number of rotatable bonds is 5. The molecule has 0 aliphatic carbocycles. The highest BCUT2D eigenvalue weighted by atomic mass is 79.9. The number of anilines is 1. The van der Waals surface area contributed by atoms with Crippen LogP contribution in [0.5, 0.6) is 5.75 Å². The van der Waals surface area contributed by atoms with Crippen molar-refractivity contribution in [3.63, 3.8) is 0 Å². The number of halogens is 1. The molecule has 23 heavy (non-hydrogen) atoms. The van der Waals surface area contributed by atoms with E-state index < -0.39 is 6.10 Å². The standard InChI is InChI=1S/C15H16BrN5O2/c1-21-15-12(13(16)20-21)14(18-8-19-15)17-7-11(22)9-4-3-5-10(6-9)23-2/h3-6,8,11,22H,7H2,1-2H3,(H,17,18,19)/t11-/m0/s1. The number of aliphatic hydroxyl groups excluding tert-OH is 1. The van der Waals surface area contributed by atoms with Crippen LogP contribution in [0.4, 0.5) is 5.82 Å². The van der Waals surface area contributed by atoms with Crippen LogP contribution in [-0.4, -0.2) is 38.5 Å². The molecule has 0 radical (unpaired) electrons. The minimum Gasteiger partial charge on any atom is -0.497 e. The lowest BCUT2D eigenvalue weighted by molar-refractivity contribution is 0.191. The number of nitrogens with zero attached hydrogens (tertiary/aromatic N) is 4. The minimum absolute atomic E-state index is 0.306. The van der Waals surface area contributed by atoms with Crippen LogP contribution in [-0.2, 0) is 7.05 Å². The fraction of sp³-hybridized carbons (Fsp3) is 0.267. The molecular weight excluding hydrogens is 362 g/mol. The van der Waals surface area contributed by atoms with Gasteiger partial charge in [-0.15, -0.1) is 0 Å². The number of hydrogen-bond donors (Lipinski definition) is 2. The molecule has 0 amide bonds. The van der Waals surface area contributed by atoms with E-state index in [1.165, 1.54) is 6.33 Å². The van der Waals surface area contributed by atoms with E-state index in [4.69, 9.17) is 4.74 Å². The Balaban J connectivity index is 1.80. The molecule has 8 heteroatoms. The van der Waals surface area contributed by atoms with Crippen molar-refractivity contribution in [1.29, 1.82) is 0 Å². The van der Waals surface area contributed by atoms with Crippen molar-refractivity contribution >= 4 is 32.8 Å². The molecule has 0 saturated carbocycles. The first kappa shape index (κ1) is 15.7. The maximum Gasteiger partial charge on any atom is 0.164 e. The van der Waals surface area contributed by atoms with E-state index in [-0.39, 0.29) is 0 Å². The summed E-state index contributed by atoms with van der Waals surface area (Å²) < 4.78 is 7.51. The smallest absolute Gasteiger partial charge is 0.164 e. The van der Waals surface area contributed by atoms with Gasteiger partial charge in [-0.1, -0.05) is 12.1 Å². The molecule has 0 unspecified atom stereocenters. The molecule has 1 atom stereocenters. The second kappa shape index (κ2) is 6.51. The Morgan fingerprint density at radius 3 is 3.00 bits per heavy atom. The second-order valence-electron chi connectivity index (χ2n) is 5.01. The number of hydrogen-bond acceptors (Lipinski definition) is 6. The quantitative estimate of drug-likeness (QED) is 0.709. The van der Waals surface area contributed by atoms with Crippen molar-refractivity contribution in [2.75, 3.05) is 19.0 Å². The van der Waals surface area contributed by atoms with E-state index in [9.17, 15) is 5.11 Å². The van der Waals surface area contributed by atoms with Gasteiger partial charge in [0.2, 0.25) is 0 Å². The van der Waals surface area contributed by atoms with Crippen LogP contribution in [0.2, 0.25) is 0 Å². The van der Waals surface area contributed by atoms with Gasteiger partial charge in [-0.25, -0.2) is 14.6 Å². The van der Waals surface area contributed by atoms with Gasteiger partial charge in [0.05, 0.1) is 18.6 Å². The summed E-state index contributed by atoms with van der Waals surface area (Å²) >= 11 is 3.41. The van der Waals surface area contributed by atoms with E-state index in [0.29, 0.717) is 28.4 Å². The summed E-state index contributed by atoms with van der Waals surface area (Å²) in [5, 5.41) is 18.6. The van der Waals surface area contributed by atoms with Crippen molar-refractivity contribution < 1.29 is 9.84 Å². The van der Waals surface area contributed by atoms with Gasteiger partial charge in [0.15, 0.2) is 5.65 Å². The molecule has 0 spiro atoms. The monoisotopic (exact) mass is 377 g/mol. The lowest BCUT2D eigenvalue weighted by atomic mass is 10.1. The Morgan fingerprint density at radius 1 is 1.39 bits per heavy atom. The Labute approximate surface area is 141 Å². The van der Waals surface area contributed by atoms with Gasteiger partial charge in [-0.3, -0.25) is 0 Å². The maximum atomic E-state index is 10.4. The molecule has 3 aromatic rings.